The van der Waals surface area contributed by atoms with Gasteiger partial charge < -0.3 is 10.2 Å². The van der Waals surface area contributed by atoms with Gasteiger partial charge in [0.05, 0.1) is 22.6 Å². The van der Waals surface area contributed by atoms with Crippen molar-refractivity contribution in [3.63, 3.8) is 0 Å². The van der Waals surface area contributed by atoms with Crippen LogP contribution in [0.25, 0.3) is 0 Å². The molecule has 6 heteroatoms. The highest BCUT2D eigenvalue weighted by Crippen LogP contribution is 2.40. The Morgan fingerprint density at radius 2 is 1.60 bits per heavy atom. The fraction of sp³-hybridized carbons (Fsp3) is 0.263. The third-order valence-corrected chi connectivity index (χ3v) is 4.18. The molecular weight excluding hydrogens is 338 g/mol. The molecule has 0 saturated carbocycles. The number of nitrogens with zero attached hydrogens (tertiary/aromatic N) is 2. The van der Waals surface area contributed by atoms with Crippen LogP contribution in [0.3, 0.4) is 0 Å². The van der Waals surface area contributed by atoms with Gasteiger partial charge in [-0.3, -0.25) is 14.5 Å². The van der Waals surface area contributed by atoms with Gasteiger partial charge >= 0.3 is 0 Å². The van der Waals surface area contributed by atoms with Crippen molar-refractivity contribution in [2.24, 2.45) is 0 Å². The Labute approximate surface area is 154 Å². The lowest BCUT2D eigenvalue weighted by Crippen LogP contribution is -2.29. The van der Waals surface area contributed by atoms with Gasteiger partial charge in [-0.2, -0.15) is 0 Å². The SMILES string of the molecule is CCNCCC(=O)N1c2ccccc2C(=O)N(C)c2ccccc21.Cl. The van der Waals surface area contributed by atoms with Crippen molar-refractivity contribution in [1.82, 2.24) is 5.32 Å². The largest absolute Gasteiger partial charge is 0.316 e. The number of rotatable bonds is 4. The van der Waals surface area contributed by atoms with Gasteiger partial charge in [-0.05, 0) is 30.8 Å². The minimum absolute atomic E-state index is 0. The maximum Gasteiger partial charge on any atom is 0.260 e. The van der Waals surface area contributed by atoms with E-state index < -0.39 is 0 Å². The van der Waals surface area contributed by atoms with Crippen LogP contribution in [0.2, 0.25) is 0 Å². The molecule has 0 unspecified atom stereocenters. The lowest BCUT2D eigenvalue weighted by molar-refractivity contribution is -0.117. The predicted octanol–water partition coefficient (Wildman–Crippen LogP) is 3.36. The number of nitrogens with one attached hydrogen (secondary N) is 1. The quantitative estimate of drug-likeness (QED) is 0.851. The van der Waals surface area contributed by atoms with Gasteiger partial charge in [0.2, 0.25) is 5.91 Å². The van der Waals surface area contributed by atoms with E-state index in [-0.39, 0.29) is 24.2 Å². The minimum atomic E-state index is -0.111. The monoisotopic (exact) mass is 359 g/mol. The molecule has 3 rings (SSSR count). The van der Waals surface area contributed by atoms with E-state index in [1.807, 2.05) is 49.4 Å². The standard InChI is InChI=1S/C19H21N3O2.ClH/c1-3-20-13-12-18(23)22-15-9-5-4-8-14(15)19(24)21(2)16-10-6-7-11-17(16)22;/h4-11,20H,3,12-13H2,1-2H3;1H. The molecular formula is C19H22ClN3O2. The lowest BCUT2D eigenvalue weighted by atomic mass is 10.1. The number of fused-ring (bicyclic) bond motifs is 2. The fourth-order valence-electron chi connectivity index (χ4n) is 2.96. The molecule has 0 aromatic heterocycles. The third kappa shape index (κ3) is 3.52. The number of hydrogen-bond donors (Lipinski definition) is 1. The van der Waals surface area contributed by atoms with Gasteiger partial charge in [-0.1, -0.05) is 31.2 Å². The molecule has 0 saturated heterocycles. The van der Waals surface area contributed by atoms with Gasteiger partial charge in [0.1, 0.15) is 0 Å². The number of amides is 2. The van der Waals surface area contributed by atoms with E-state index in [2.05, 4.69) is 5.32 Å². The predicted molar refractivity (Wildman–Crippen MR) is 103 cm³/mol. The zero-order valence-corrected chi connectivity index (χ0v) is 15.2. The number of para-hydroxylation sites is 3. The van der Waals surface area contributed by atoms with E-state index in [0.717, 1.165) is 17.9 Å². The Hall–Kier alpha value is -2.37. The van der Waals surface area contributed by atoms with E-state index >= 15 is 0 Å². The summed E-state index contributed by atoms with van der Waals surface area (Å²) in [6.07, 6.45) is 0.369. The van der Waals surface area contributed by atoms with Crippen molar-refractivity contribution < 1.29 is 9.59 Å². The molecule has 0 radical (unpaired) electrons. The maximum absolute atomic E-state index is 12.9. The summed E-state index contributed by atoms with van der Waals surface area (Å²) in [4.78, 5) is 29.0. The van der Waals surface area contributed by atoms with Crippen LogP contribution in [0.15, 0.2) is 48.5 Å². The van der Waals surface area contributed by atoms with E-state index in [1.54, 1.807) is 22.9 Å². The average Bonchev–Trinajstić information content (AvgIpc) is 2.70. The summed E-state index contributed by atoms with van der Waals surface area (Å²) in [5.74, 6) is -0.140. The van der Waals surface area contributed by atoms with E-state index in [4.69, 9.17) is 0 Å². The fourth-order valence-corrected chi connectivity index (χ4v) is 2.96. The first kappa shape index (κ1) is 19.0. The highest BCUT2D eigenvalue weighted by Gasteiger charge is 2.31. The van der Waals surface area contributed by atoms with Crippen molar-refractivity contribution >= 4 is 41.3 Å². The molecule has 132 valence electrons. The summed E-state index contributed by atoms with van der Waals surface area (Å²) >= 11 is 0. The van der Waals surface area contributed by atoms with Crippen LogP contribution < -0.4 is 15.1 Å². The van der Waals surface area contributed by atoms with Gasteiger partial charge in [0.25, 0.3) is 5.91 Å². The minimum Gasteiger partial charge on any atom is -0.316 e. The van der Waals surface area contributed by atoms with Gasteiger partial charge in [0, 0.05) is 20.0 Å². The van der Waals surface area contributed by atoms with E-state index in [9.17, 15) is 9.59 Å². The van der Waals surface area contributed by atoms with E-state index in [1.165, 1.54) is 0 Å². The summed E-state index contributed by atoms with van der Waals surface area (Å²) in [6, 6.07) is 14.8. The van der Waals surface area contributed by atoms with E-state index in [0.29, 0.717) is 24.2 Å². The second-order valence-electron chi connectivity index (χ2n) is 5.70. The van der Waals surface area contributed by atoms with Crippen molar-refractivity contribution in [3.05, 3.63) is 54.1 Å². The van der Waals surface area contributed by atoms with Crippen LogP contribution in [0.4, 0.5) is 17.1 Å². The maximum atomic E-state index is 12.9. The Kier molecular flexibility index (Phi) is 6.17. The molecule has 0 bridgehead atoms. The topological polar surface area (TPSA) is 52.7 Å². The number of carbonyl (C=O) groups is 2. The highest BCUT2D eigenvalue weighted by atomic mass is 35.5. The van der Waals surface area contributed by atoms with Crippen LogP contribution >= 0.6 is 12.4 Å². The molecule has 1 heterocycles. The molecule has 1 aliphatic rings. The zero-order chi connectivity index (χ0) is 17.1. The van der Waals surface area contributed by atoms with Crippen LogP contribution in [0.5, 0.6) is 0 Å². The van der Waals surface area contributed by atoms with Crippen molar-refractivity contribution in [2.75, 3.05) is 29.9 Å². The summed E-state index contributed by atoms with van der Waals surface area (Å²) in [5, 5.41) is 3.17. The normalized spacial score (nSPS) is 12.8. The van der Waals surface area contributed by atoms with Crippen molar-refractivity contribution in [1.29, 1.82) is 0 Å². The lowest BCUT2D eigenvalue weighted by Gasteiger charge is -2.24. The first-order valence-corrected chi connectivity index (χ1v) is 8.15. The molecule has 2 aromatic rings. The second kappa shape index (κ2) is 8.14. The van der Waals surface area contributed by atoms with Gasteiger partial charge in [-0.25, -0.2) is 0 Å². The Morgan fingerprint density at radius 1 is 1.00 bits per heavy atom. The summed E-state index contributed by atoms with van der Waals surface area (Å²) in [5.41, 5.74) is 2.64. The average molecular weight is 360 g/mol. The molecule has 25 heavy (non-hydrogen) atoms. The number of hydrogen-bond acceptors (Lipinski definition) is 3. The second-order valence-corrected chi connectivity index (χ2v) is 5.70. The van der Waals surface area contributed by atoms with Crippen LogP contribution in [0.1, 0.15) is 23.7 Å². The molecule has 0 aliphatic carbocycles. The zero-order valence-electron chi connectivity index (χ0n) is 14.4. The molecule has 0 spiro atoms. The molecule has 0 fully saturated rings. The molecule has 1 N–H and O–H groups in total. The summed E-state index contributed by atoms with van der Waals surface area (Å²) in [6.45, 7) is 3.44. The molecule has 2 amide bonds. The number of carbonyl (C=O) groups excluding carboxylic acids is 2. The van der Waals surface area contributed by atoms with Crippen molar-refractivity contribution in [2.45, 2.75) is 13.3 Å². The summed E-state index contributed by atoms with van der Waals surface area (Å²) in [7, 11) is 1.74. The molecule has 2 aromatic carbocycles. The Morgan fingerprint density at radius 3 is 2.28 bits per heavy atom. The first-order chi connectivity index (χ1) is 11.6. The van der Waals surface area contributed by atoms with Crippen molar-refractivity contribution in [3.8, 4) is 0 Å². The Bertz CT molecular complexity index is 779. The number of anilines is 3. The van der Waals surface area contributed by atoms with Crippen LogP contribution in [0, 0.1) is 0 Å². The Balaban J connectivity index is 0.00000225. The van der Waals surface area contributed by atoms with Gasteiger partial charge in [0.15, 0.2) is 0 Å². The molecule has 1 aliphatic heterocycles. The smallest absolute Gasteiger partial charge is 0.260 e. The summed E-state index contributed by atoms with van der Waals surface area (Å²) < 4.78 is 0. The van der Waals surface area contributed by atoms with Crippen LogP contribution in [-0.2, 0) is 4.79 Å². The molecule has 0 atom stereocenters. The highest BCUT2D eigenvalue weighted by molar-refractivity contribution is 6.18. The number of halogens is 1. The van der Waals surface area contributed by atoms with Gasteiger partial charge in [-0.15, -0.1) is 12.4 Å². The molecule has 5 nitrogen and oxygen atoms in total. The third-order valence-electron chi connectivity index (χ3n) is 4.18. The first-order valence-electron chi connectivity index (χ1n) is 8.15. The number of benzene rings is 2. The van der Waals surface area contributed by atoms with Crippen LogP contribution in [-0.4, -0.2) is 32.0 Å².